The summed E-state index contributed by atoms with van der Waals surface area (Å²) in [5.74, 6) is 0.146. The standard InChI is InChI=1S/C21H22N4O5/c1-15-19(16(2)30-24-15)13-28-18-7-5-17(6-8-18)21(27)29-14-20(26)25(11-3-9-22)12-4-10-23/h5-8H,3-4,11-14H2,1-2H3. The fourth-order valence-electron chi connectivity index (χ4n) is 2.58. The number of amides is 1. The molecule has 9 nitrogen and oxygen atoms in total. The number of ether oxygens (including phenoxy) is 2. The number of aromatic nitrogens is 1. The van der Waals surface area contributed by atoms with Crippen LogP contribution in [0.3, 0.4) is 0 Å². The van der Waals surface area contributed by atoms with E-state index < -0.39 is 18.5 Å². The van der Waals surface area contributed by atoms with E-state index in [0.717, 1.165) is 11.3 Å². The van der Waals surface area contributed by atoms with E-state index in [2.05, 4.69) is 5.16 Å². The molecule has 0 bridgehead atoms. The molecule has 0 saturated heterocycles. The van der Waals surface area contributed by atoms with Crippen LogP contribution < -0.4 is 4.74 Å². The highest BCUT2D eigenvalue weighted by atomic mass is 16.5. The molecule has 0 N–H and O–H groups in total. The first-order valence-corrected chi connectivity index (χ1v) is 9.29. The predicted molar refractivity (Wildman–Crippen MR) is 104 cm³/mol. The van der Waals surface area contributed by atoms with Gasteiger partial charge < -0.3 is 18.9 Å². The number of esters is 1. The summed E-state index contributed by atoms with van der Waals surface area (Å²) in [6.45, 7) is 3.84. The van der Waals surface area contributed by atoms with E-state index in [-0.39, 0.29) is 31.5 Å². The molecule has 0 aliphatic carbocycles. The third-order valence-electron chi connectivity index (χ3n) is 4.32. The monoisotopic (exact) mass is 410 g/mol. The Labute approximate surface area is 174 Å². The molecule has 2 rings (SSSR count). The molecule has 2 aromatic rings. The van der Waals surface area contributed by atoms with E-state index in [1.54, 1.807) is 31.2 Å². The van der Waals surface area contributed by atoms with Crippen LogP contribution in [-0.2, 0) is 16.1 Å². The molecule has 0 aliphatic heterocycles. The van der Waals surface area contributed by atoms with Gasteiger partial charge in [0.2, 0.25) is 0 Å². The maximum atomic E-state index is 12.2. The molecule has 1 aromatic heterocycles. The van der Waals surface area contributed by atoms with Crippen molar-refractivity contribution in [1.82, 2.24) is 10.1 Å². The number of hydrogen-bond donors (Lipinski definition) is 0. The number of nitriles is 2. The average Bonchev–Trinajstić information content (AvgIpc) is 3.08. The van der Waals surface area contributed by atoms with Gasteiger partial charge in [-0.3, -0.25) is 4.79 Å². The van der Waals surface area contributed by atoms with E-state index in [1.807, 2.05) is 19.1 Å². The Morgan fingerprint density at radius 2 is 1.73 bits per heavy atom. The summed E-state index contributed by atoms with van der Waals surface area (Å²) in [6, 6.07) is 10.2. The molecular weight excluding hydrogens is 388 g/mol. The Morgan fingerprint density at radius 1 is 1.10 bits per heavy atom. The summed E-state index contributed by atoms with van der Waals surface area (Å²) in [7, 11) is 0. The van der Waals surface area contributed by atoms with Gasteiger partial charge >= 0.3 is 5.97 Å². The minimum atomic E-state index is -0.652. The number of aryl methyl sites for hydroxylation is 2. The van der Waals surface area contributed by atoms with Gasteiger partial charge in [0.25, 0.3) is 5.91 Å². The van der Waals surface area contributed by atoms with Crippen molar-refractivity contribution < 1.29 is 23.6 Å². The highest BCUT2D eigenvalue weighted by Gasteiger charge is 2.16. The van der Waals surface area contributed by atoms with Crippen LogP contribution in [0.25, 0.3) is 0 Å². The summed E-state index contributed by atoms with van der Waals surface area (Å²) < 4.78 is 15.8. The van der Waals surface area contributed by atoms with Gasteiger partial charge in [0, 0.05) is 13.1 Å². The molecular formula is C21H22N4O5. The number of carbonyl (C=O) groups is 2. The third kappa shape index (κ3) is 6.35. The lowest BCUT2D eigenvalue weighted by Gasteiger charge is -2.20. The zero-order valence-electron chi connectivity index (χ0n) is 16.9. The van der Waals surface area contributed by atoms with Crippen molar-refractivity contribution in [2.45, 2.75) is 33.3 Å². The fourth-order valence-corrected chi connectivity index (χ4v) is 2.58. The lowest BCUT2D eigenvalue weighted by atomic mass is 10.2. The second kappa shape index (κ2) is 11.2. The molecule has 0 radical (unpaired) electrons. The second-order valence-electron chi connectivity index (χ2n) is 6.39. The van der Waals surface area contributed by atoms with Crippen molar-refractivity contribution >= 4 is 11.9 Å². The molecule has 1 heterocycles. The van der Waals surface area contributed by atoms with E-state index >= 15 is 0 Å². The largest absolute Gasteiger partial charge is 0.489 e. The van der Waals surface area contributed by atoms with Crippen LogP contribution in [0.5, 0.6) is 5.75 Å². The average molecular weight is 410 g/mol. The summed E-state index contributed by atoms with van der Waals surface area (Å²) in [4.78, 5) is 25.7. The number of nitrogens with zero attached hydrogens (tertiary/aromatic N) is 4. The van der Waals surface area contributed by atoms with Crippen molar-refractivity contribution in [2.24, 2.45) is 0 Å². The summed E-state index contributed by atoms with van der Waals surface area (Å²) in [5, 5.41) is 21.2. The van der Waals surface area contributed by atoms with Crippen LogP contribution in [0, 0.1) is 36.5 Å². The molecule has 0 unspecified atom stereocenters. The van der Waals surface area contributed by atoms with E-state index in [4.69, 9.17) is 24.5 Å². The Kier molecular flexibility index (Phi) is 8.40. The third-order valence-corrected chi connectivity index (χ3v) is 4.32. The number of rotatable bonds is 10. The molecule has 0 aliphatic rings. The quantitative estimate of drug-likeness (QED) is 0.547. The predicted octanol–water partition coefficient (Wildman–Crippen LogP) is 2.68. The van der Waals surface area contributed by atoms with Crippen LogP contribution in [0.4, 0.5) is 0 Å². The molecule has 0 saturated carbocycles. The van der Waals surface area contributed by atoms with E-state index in [9.17, 15) is 9.59 Å². The van der Waals surface area contributed by atoms with Gasteiger partial charge in [-0.05, 0) is 38.1 Å². The zero-order valence-corrected chi connectivity index (χ0v) is 16.9. The van der Waals surface area contributed by atoms with Crippen LogP contribution in [-0.4, -0.2) is 41.6 Å². The summed E-state index contributed by atoms with van der Waals surface area (Å²) in [6.07, 6.45) is 0.279. The van der Waals surface area contributed by atoms with Crippen LogP contribution in [0.2, 0.25) is 0 Å². The number of hydrogen-bond acceptors (Lipinski definition) is 8. The van der Waals surface area contributed by atoms with Crippen LogP contribution in [0.15, 0.2) is 28.8 Å². The van der Waals surface area contributed by atoms with Crippen molar-refractivity contribution in [3.8, 4) is 17.9 Å². The second-order valence-corrected chi connectivity index (χ2v) is 6.39. The lowest BCUT2D eigenvalue weighted by Crippen LogP contribution is -2.36. The molecule has 30 heavy (non-hydrogen) atoms. The Morgan fingerprint density at radius 3 is 2.27 bits per heavy atom. The first kappa shape index (κ1) is 22.4. The van der Waals surface area contributed by atoms with Gasteiger partial charge in [0.1, 0.15) is 18.1 Å². The Hall–Kier alpha value is -3.85. The first-order valence-electron chi connectivity index (χ1n) is 9.29. The maximum absolute atomic E-state index is 12.2. The van der Waals surface area contributed by atoms with Crippen molar-refractivity contribution in [1.29, 1.82) is 10.5 Å². The first-order chi connectivity index (χ1) is 14.5. The fraction of sp³-hybridized carbons (Fsp3) is 0.381. The molecule has 9 heteroatoms. The van der Waals surface area contributed by atoms with Gasteiger partial charge in [-0.25, -0.2) is 4.79 Å². The molecule has 0 fully saturated rings. The van der Waals surface area contributed by atoms with Crippen molar-refractivity contribution in [2.75, 3.05) is 19.7 Å². The van der Waals surface area contributed by atoms with Crippen molar-refractivity contribution in [3.63, 3.8) is 0 Å². The molecule has 0 atom stereocenters. The highest BCUT2D eigenvalue weighted by molar-refractivity contribution is 5.91. The van der Waals surface area contributed by atoms with Gasteiger partial charge in [0.05, 0.1) is 41.8 Å². The summed E-state index contributed by atoms with van der Waals surface area (Å²) >= 11 is 0. The van der Waals surface area contributed by atoms with E-state index in [1.165, 1.54) is 4.90 Å². The molecule has 0 spiro atoms. The minimum absolute atomic E-state index is 0.139. The topological polar surface area (TPSA) is 129 Å². The minimum Gasteiger partial charge on any atom is -0.489 e. The maximum Gasteiger partial charge on any atom is 0.338 e. The molecule has 1 amide bonds. The smallest absolute Gasteiger partial charge is 0.338 e. The van der Waals surface area contributed by atoms with Gasteiger partial charge in [-0.1, -0.05) is 5.16 Å². The number of benzene rings is 1. The van der Waals surface area contributed by atoms with E-state index in [0.29, 0.717) is 18.1 Å². The van der Waals surface area contributed by atoms with Crippen molar-refractivity contribution in [3.05, 3.63) is 46.8 Å². The van der Waals surface area contributed by atoms with Gasteiger partial charge in [-0.2, -0.15) is 10.5 Å². The SMILES string of the molecule is Cc1noc(C)c1COc1ccc(C(=O)OCC(=O)N(CCC#N)CCC#N)cc1. The van der Waals surface area contributed by atoms with Crippen LogP contribution >= 0.6 is 0 Å². The van der Waals surface area contributed by atoms with Gasteiger partial charge in [0.15, 0.2) is 6.61 Å². The van der Waals surface area contributed by atoms with Crippen LogP contribution in [0.1, 0.15) is 40.2 Å². The normalized spacial score (nSPS) is 10.0. The van der Waals surface area contributed by atoms with Gasteiger partial charge in [-0.15, -0.1) is 0 Å². The zero-order chi connectivity index (χ0) is 21.9. The molecule has 156 valence electrons. The Balaban J connectivity index is 1.87. The Bertz CT molecular complexity index is 916. The lowest BCUT2D eigenvalue weighted by molar-refractivity contribution is -0.134. The molecule has 1 aromatic carbocycles. The summed E-state index contributed by atoms with van der Waals surface area (Å²) in [5.41, 5.74) is 1.90. The number of carbonyl (C=O) groups excluding carboxylic acids is 2. The highest BCUT2D eigenvalue weighted by Crippen LogP contribution is 2.18.